The molecule has 0 unspecified atom stereocenters. The molecule has 0 radical (unpaired) electrons. The zero-order valence-corrected chi connectivity index (χ0v) is 25.1. The number of hydrogen-bond acceptors (Lipinski definition) is 10. The van der Waals surface area contributed by atoms with E-state index in [1.54, 1.807) is 50.8 Å². The fourth-order valence-electron chi connectivity index (χ4n) is 5.45. The average Bonchev–Trinajstić information content (AvgIpc) is 3.56. The summed E-state index contributed by atoms with van der Waals surface area (Å²) in [6.45, 7) is 5.54. The van der Waals surface area contributed by atoms with Gasteiger partial charge in [-0.3, -0.25) is 9.36 Å². The minimum atomic E-state index is -0.752. The molecule has 1 atom stereocenters. The Kier molecular flexibility index (Phi) is 8.37. The van der Waals surface area contributed by atoms with Crippen LogP contribution in [0.3, 0.4) is 0 Å². The third-order valence-electron chi connectivity index (χ3n) is 7.63. The quantitative estimate of drug-likeness (QED) is 0.375. The molecule has 0 aliphatic carbocycles. The lowest BCUT2D eigenvalue weighted by Gasteiger charge is -2.35. The highest BCUT2D eigenvalue weighted by atomic mass is 32.1. The van der Waals surface area contributed by atoms with Crippen LogP contribution in [0, 0.1) is 0 Å². The molecule has 1 saturated heterocycles. The SMILES string of the molecule is CCOC(=O)C1=C(C)N=c2s/c(=C\c3ccc(N4CCC(N(C)C)CC4)o3)c(=O)n2[C@H]1c1ccc(OC)c(OC)c1. The molecule has 0 spiro atoms. The Morgan fingerprint density at radius 1 is 1.15 bits per heavy atom. The molecule has 41 heavy (non-hydrogen) atoms. The standard InChI is InChI=1S/C30H36N4O6S/c1-7-39-29(36)26-18(2)31-30-34(27(26)19-8-10-22(37-5)23(16-19)38-6)28(35)24(41-30)17-21-9-11-25(40-21)33-14-12-20(13-15-33)32(3)4/h8-11,16-17,20,27H,7,12-15H2,1-6H3/b24-17-/t27-/m0/s1. The Hall–Kier alpha value is -3.83. The fourth-order valence-corrected chi connectivity index (χ4v) is 6.48. The number of thiazole rings is 1. The maximum atomic E-state index is 13.9. The first-order valence-electron chi connectivity index (χ1n) is 13.7. The second kappa shape index (κ2) is 12.0. The van der Waals surface area contributed by atoms with Crippen molar-refractivity contribution in [2.24, 2.45) is 4.99 Å². The molecular weight excluding hydrogens is 544 g/mol. The second-order valence-corrected chi connectivity index (χ2v) is 11.3. The number of carbonyl (C=O) groups excluding carboxylic acids is 1. The first kappa shape index (κ1) is 28.7. The molecule has 0 amide bonds. The highest BCUT2D eigenvalue weighted by molar-refractivity contribution is 7.07. The zero-order valence-electron chi connectivity index (χ0n) is 24.3. The van der Waals surface area contributed by atoms with Crippen LogP contribution in [0.5, 0.6) is 11.5 Å². The van der Waals surface area contributed by atoms with Gasteiger partial charge in [0.1, 0.15) is 5.76 Å². The van der Waals surface area contributed by atoms with E-state index < -0.39 is 12.0 Å². The van der Waals surface area contributed by atoms with Gasteiger partial charge in [-0.05, 0) is 64.5 Å². The maximum absolute atomic E-state index is 13.9. The monoisotopic (exact) mass is 580 g/mol. The maximum Gasteiger partial charge on any atom is 0.338 e. The van der Waals surface area contributed by atoms with E-state index in [2.05, 4.69) is 28.9 Å². The topological polar surface area (TPSA) is 98.7 Å². The molecule has 5 rings (SSSR count). The number of benzene rings is 1. The van der Waals surface area contributed by atoms with E-state index in [9.17, 15) is 9.59 Å². The summed E-state index contributed by atoms with van der Waals surface area (Å²) in [5, 5.41) is 0. The molecule has 3 aromatic rings. The molecule has 4 heterocycles. The van der Waals surface area contributed by atoms with Gasteiger partial charge in [0.2, 0.25) is 0 Å². The van der Waals surface area contributed by atoms with Crippen molar-refractivity contribution >= 4 is 29.3 Å². The molecule has 2 aliphatic heterocycles. The van der Waals surface area contributed by atoms with Crippen molar-refractivity contribution in [3.05, 3.63) is 72.6 Å². The van der Waals surface area contributed by atoms with E-state index >= 15 is 0 Å². The van der Waals surface area contributed by atoms with Gasteiger partial charge in [-0.1, -0.05) is 17.4 Å². The predicted molar refractivity (Wildman–Crippen MR) is 158 cm³/mol. The van der Waals surface area contributed by atoms with Gasteiger partial charge < -0.3 is 28.4 Å². The summed E-state index contributed by atoms with van der Waals surface area (Å²) in [6, 6.07) is 9.01. The minimum Gasteiger partial charge on any atom is -0.493 e. The zero-order chi connectivity index (χ0) is 29.3. The normalized spacial score (nSPS) is 18.0. The minimum absolute atomic E-state index is 0.201. The average molecular weight is 581 g/mol. The van der Waals surface area contributed by atoms with Crippen LogP contribution < -0.4 is 29.3 Å². The molecule has 2 aromatic heterocycles. The molecule has 1 aromatic carbocycles. The predicted octanol–water partition coefficient (Wildman–Crippen LogP) is 2.94. The van der Waals surface area contributed by atoms with E-state index in [1.807, 2.05) is 18.2 Å². The number of rotatable bonds is 8. The highest BCUT2D eigenvalue weighted by Gasteiger charge is 2.34. The number of nitrogens with zero attached hydrogens (tertiary/aromatic N) is 4. The van der Waals surface area contributed by atoms with Crippen LogP contribution in [-0.2, 0) is 9.53 Å². The van der Waals surface area contributed by atoms with Crippen molar-refractivity contribution in [1.29, 1.82) is 0 Å². The molecule has 0 saturated carbocycles. The van der Waals surface area contributed by atoms with Crippen LogP contribution in [-0.4, -0.2) is 69.5 Å². The summed E-state index contributed by atoms with van der Waals surface area (Å²) in [5.41, 5.74) is 1.21. The molecule has 218 valence electrons. The molecule has 10 nitrogen and oxygen atoms in total. The number of carbonyl (C=O) groups is 1. The van der Waals surface area contributed by atoms with Gasteiger partial charge in [-0.15, -0.1) is 0 Å². The smallest absolute Gasteiger partial charge is 0.338 e. The van der Waals surface area contributed by atoms with Gasteiger partial charge in [0.05, 0.1) is 42.7 Å². The van der Waals surface area contributed by atoms with Gasteiger partial charge >= 0.3 is 5.97 Å². The number of furan rings is 1. The summed E-state index contributed by atoms with van der Waals surface area (Å²) in [5.74, 6) is 1.90. The number of hydrogen-bond donors (Lipinski definition) is 0. The lowest BCUT2D eigenvalue weighted by atomic mass is 9.95. The van der Waals surface area contributed by atoms with Gasteiger partial charge in [-0.2, -0.15) is 0 Å². The van der Waals surface area contributed by atoms with Crippen molar-refractivity contribution in [3.8, 4) is 11.5 Å². The second-order valence-electron chi connectivity index (χ2n) is 10.3. The number of fused-ring (bicyclic) bond motifs is 1. The number of ether oxygens (including phenoxy) is 3. The summed E-state index contributed by atoms with van der Waals surface area (Å²) >= 11 is 1.26. The van der Waals surface area contributed by atoms with E-state index in [4.69, 9.17) is 18.6 Å². The number of methoxy groups -OCH3 is 2. The Labute approximate surface area is 242 Å². The van der Waals surface area contributed by atoms with Crippen LogP contribution in [0.4, 0.5) is 5.88 Å². The summed E-state index contributed by atoms with van der Waals surface area (Å²) in [4.78, 5) is 36.7. The van der Waals surface area contributed by atoms with Crippen molar-refractivity contribution in [2.75, 3.05) is 52.9 Å². The number of piperidine rings is 1. The first-order chi connectivity index (χ1) is 19.7. The highest BCUT2D eigenvalue weighted by Crippen LogP contribution is 2.36. The van der Waals surface area contributed by atoms with E-state index in [0.29, 0.717) is 49.5 Å². The lowest BCUT2D eigenvalue weighted by Crippen LogP contribution is -2.41. The van der Waals surface area contributed by atoms with Crippen LogP contribution in [0.25, 0.3) is 6.08 Å². The van der Waals surface area contributed by atoms with Crippen molar-refractivity contribution < 1.29 is 23.4 Å². The van der Waals surface area contributed by atoms with Crippen LogP contribution in [0.1, 0.15) is 44.1 Å². The molecule has 11 heteroatoms. The van der Waals surface area contributed by atoms with Gasteiger partial charge in [0, 0.05) is 31.3 Å². The first-order valence-corrected chi connectivity index (χ1v) is 14.5. The Bertz CT molecular complexity index is 1640. The van der Waals surface area contributed by atoms with E-state index in [-0.39, 0.29) is 12.2 Å². The Morgan fingerprint density at radius 3 is 2.54 bits per heavy atom. The largest absolute Gasteiger partial charge is 0.493 e. The molecule has 2 aliphatic rings. The molecule has 0 N–H and O–H groups in total. The number of aromatic nitrogens is 1. The molecule has 1 fully saturated rings. The Morgan fingerprint density at radius 2 is 1.88 bits per heavy atom. The van der Waals surface area contributed by atoms with Crippen molar-refractivity contribution in [3.63, 3.8) is 0 Å². The summed E-state index contributed by atoms with van der Waals surface area (Å²) in [7, 11) is 7.34. The summed E-state index contributed by atoms with van der Waals surface area (Å²) < 4.78 is 24.5. The van der Waals surface area contributed by atoms with Gasteiger partial charge in [0.15, 0.2) is 22.2 Å². The number of allylic oxidation sites excluding steroid dienone is 1. The molecule has 0 bridgehead atoms. The summed E-state index contributed by atoms with van der Waals surface area (Å²) in [6.07, 6.45) is 3.88. The van der Waals surface area contributed by atoms with E-state index in [0.717, 1.165) is 31.8 Å². The molecular formula is C30H36N4O6S. The van der Waals surface area contributed by atoms with Gasteiger partial charge in [-0.25, -0.2) is 9.79 Å². The van der Waals surface area contributed by atoms with Crippen molar-refractivity contribution in [1.82, 2.24) is 9.47 Å². The van der Waals surface area contributed by atoms with Crippen LogP contribution in [0.15, 0.2) is 55.8 Å². The van der Waals surface area contributed by atoms with Gasteiger partial charge in [0.25, 0.3) is 5.56 Å². The number of anilines is 1. The lowest BCUT2D eigenvalue weighted by molar-refractivity contribution is -0.139. The van der Waals surface area contributed by atoms with E-state index in [1.165, 1.54) is 11.3 Å². The number of esters is 1. The fraction of sp³-hybridized carbons (Fsp3) is 0.433. The third-order valence-corrected chi connectivity index (χ3v) is 8.62. The van der Waals surface area contributed by atoms with Crippen LogP contribution in [0.2, 0.25) is 0 Å². The van der Waals surface area contributed by atoms with Crippen LogP contribution >= 0.6 is 11.3 Å². The Balaban J connectivity index is 1.55. The van der Waals surface area contributed by atoms with Crippen molar-refractivity contribution in [2.45, 2.75) is 38.8 Å². The third kappa shape index (κ3) is 5.56.